The van der Waals surface area contributed by atoms with E-state index in [0.717, 1.165) is 18.5 Å². The first-order chi connectivity index (χ1) is 9.02. The third kappa shape index (κ3) is 3.69. The smallest absolute Gasteiger partial charge is 0.186 e. The second-order valence-corrected chi connectivity index (χ2v) is 7.07. The molecule has 1 N–H and O–H groups in total. The molecule has 0 aliphatic heterocycles. The van der Waals surface area contributed by atoms with Crippen LogP contribution in [0.4, 0.5) is 5.13 Å². The summed E-state index contributed by atoms with van der Waals surface area (Å²) in [5.41, 5.74) is 1.19. The zero-order valence-electron chi connectivity index (χ0n) is 12.9. The van der Waals surface area contributed by atoms with E-state index in [1.807, 2.05) is 18.4 Å². The van der Waals surface area contributed by atoms with Crippen LogP contribution in [0.5, 0.6) is 0 Å². The number of aromatic nitrogens is 1. The van der Waals surface area contributed by atoms with Crippen LogP contribution >= 0.6 is 11.3 Å². The lowest BCUT2D eigenvalue weighted by Gasteiger charge is -2.22. The molecule has 0 aromatic carbocycles. The van der Waals surface area contributed by atoms with Gasteiger partial charge >= 0.3 is 0 Å². The molecule has 108 valence electrons. The summed E-state index contributed by atoms with van der Waals surface area (Å²) in [6, 6.07) is 1.15. The molecule has 4 heteroatoms. The molecule has 2 rings (SSSR count). The highest BCUT2D eigenvalue weighted by atomic mass is 32.1. The van der Waals surface area contributed by atoms with Crippen LogP contribution < -0.4 is 10.2 Å². The summed E-state index contributed by atoms with van der Waals surface area (Å²) in [7, 11) is 2.01. The van der Waals surface area contributed by atoms with Crippen LogP contribution in [-0.4, -0.2) is 24.6 Å². The van der Waals surface area contributed by atoms with Crippen LogP contribution in [0.15, 0.2) is 0 Å². The van der Waals surface area contributed by atoms with Crippen LogP contribution in [0, 0.1) is 12.8 Å². The van der Waals surface area contributed by atoms with Crippen molar-refractivity contribution in [3.63, 3.8) is 0 Å². The Hall–Kier alpha value is -0.610. The molecule has 0 bridgehead atoms. The van der Waals surface area contributed by atoms with Crippen molar-refractivity contribution < 1.29 is 0 Å². The van der Waals surface area contributed by atoms with Crippen LogP contribution in [0.3, 0.4) is 0 Å². The maximum absolute atomic E-state index is 4.82. The number of rotatable bonds is 7. The van der Waals surface area contributed by atoms with Gasteiger partial charge in [0.15, 0.2) is 5.13 Å². The Kier molecular flexibility index (Phi) is 4.85. The topological polar surface area (TPSA) is 28.2 Å². The van der Waals surface area contributed by atoms with Gasteiger partial charge in [-0.3, -0.25) is 0 Å². The van der Waals surface area contributed by atoms with Gasteiger partial charge in [-0.25, -0.2) is 4.98 Å². The average molecular weight is 281 g/mol. The number of hydrogen-bond acceptors (Lipinski definition) is 4. The van der Waals surface area contributed by atoms with Crippen molar-refractivity contribution >= 4 is 16.5 Å². The van der Waals surface area contributed by atoms with Crippen molar-refractivity contribution in [3.05, 3.63) is 10.6 Å². The van der Waals surface area contributed by atoms with E-state index >= 15 is 0 Å². The lowest BCUT2D eigenvalue weighted by atomic mass is 10.1. The third-order valence-corrected chi connectivity index (χ3v) is 5.21. The fourth-order valence-corrected chi connectivity index (χ4v) is 3.49. The zero-order chi connectivity index (χ0) is 14.0. The molecule has 1 saturated carbocycles. The summed E-state index contributed by atoms with van der Waals surface area (Å²) in [6.45, 7) is 10.1. The van der Waals surface area contributed by atoms with Gasteiger partial charge in [0.25, 0.3) is 0 Å². The van der Waals surface area contributed by atoms with Crippen molar-refractivity contribution in [1.82, 2.24) is 10.3 Å². The zero-order valence-corrected chi connectivity index (χ0v) is 13.7. The summed E-state index contributed by atoms with van der Waals surface area (Å²) in [5.74, 6) is 0.762. The summed E-state index contributed by atoms with van der Waals surface area (Å²) in [6.07, 6.45) is 3.94. The number of nitrogens with one attached hydrogen (secondary N) is 1. The highest BCUT2D eigenvalue weighted by molar-refractivity contribution is 7.15. The fourth-order valence-electron chi connectivity index (χ4n) is 2.27. The van der Waals surface area contributed by atoms with E-state index in [2.05, 4.69) is 37.9 Å². The molecule has 0 saturated heterocycles. The molecule has 1 heterocycles. The van der Waals surface area contributed by atoms with Crippen molar-refractivity contribution in [2.24, 2.45) is 5.92 Å². The Bertz CT molecular complexity index is 410. The van der Waals surface area contributed by atoms with Crippen LogP contribution in [0.1, 0.15) is 56.6 Å². The van der Waals surface area contributed by atoms with Gasteiger partial charge < -0.3 is 10.2 Å². The van der Waals surface area contributed by atoms with E-state index < -0.39 is 0 Å². The summed E-state index contributed by atoms with van der Waals surface area (Å²) >= 11 is 1.87. The Balaban J connectivity index is 2.13. The minimum absolute atomic E-state index is 0.400. The predicted octanol–water partition coefficient (Wildman–Crippen LogP) is 3.75. The van der Waals surface area contributed by atoms with Crippen molar-refractivity contribution in [2.45, 2.75) is 59.0 Å². The molecule has 1 unspecified atom stereocenters. The molecular formula is C15H27N3S. The van der Waals surface area contributed by atoms with E-state index in [0.29, 0.717) is 6.04 Å². The molecule has 1 aliphatic rings. The number of anilines is 1. The highest BCUT2D eigenvalue weighted by Crippen LogP contribution is 2.37. The van der Waals surface area contributed by atoms with Gasteiger partial charge in [0.2, 0.25) is 0 Å². The van der Waals surface area contributed by atoms with Gasteiger partial charge in [0.1, 0.15) is 0 Å². The van der Waals surface area contributed by atoms with Crippen LogP contribution in [0.25, 0.3) is 0 Å². The van der Waals surface area contributed by atoms with Crippen LogP contribution in [0.2, 0.25) is 0 Å². The summed E-state index contributed by atoms with van der Waals surface area (Å²) in [4.78, 5) is 8.75. The molecular weight excluding hydrogens is 254 g/mol. The fraction of sp³-hybridized carbons (Fsp3) is 0.800. The summed E-state index contributed by atoms with van der Waals surface area (Å²) < 4.78 is 0. The first kappa shape index (κ1) is 14.8. The van der Waals surface area contributed by atoms with Crippen molar-refractivity contribution in [3.8, 4) is 0 Å². The molecule has 3 nitrogen and oxygen atoms in total. The molecule has 0 spiro atoms. The molecule has 0 amide bonds. The van der Waals surface area contributed by atoms with Gasteiger partial charge in [0, 0.05) is 23.5 Å². The van der Waals surface area contributed by atoms with Crippen molar-refractivity contribution in [1.29, 1.82) is 0 Å². The Morgan fingerprint density at radius 2 is 2.05 bits per heavy atom. The second kappa shape index (κ2) is 6.23. The number of aryl methyl sites for hydroxylation is 1. The van der Waals surface area contributed by atoms with Gasteiger partial charge in [-0.2, -0.15) is 0 Å². The van der Waals surface area contributed by atoms with Gasteiger partial charge in [-0.1, -0.05) is 13.8 Å². The molecule has 19 heavy (non-hydrogen) atoms. The standard InChI is InChI=1S/C15H27N3S/c1-10(2)8-9-18(13-6-7-13)15-17-12(4)14(19-15)11(3)16-5/h10-11,13,16H,6-9H2,1-5H3. The van der Waals surface area contributed by atoms with E-state index in [1.54, 1.807) is 0 Å². The monoisotopic (exact) mass is 281 g/mol. The quantitative estimate of drug-likeness (QED) is 0.825. The van der Waals surface area contributed by atoms with E-state index in [-0.39, 0.29) is 0 Å². The molecule has 1 aliphatic carbocycles. The molecule has 1 aromatic heterocycles. The maximum atomic E-state index is 4.82. The molecule has 1 aromatic rings. The predicted molar refractivity (Wildman–Crippen MR) is 84.1 cm³/mol. The normalized spacial score (nSPS) is 16.9. The van der Waals surface area contributed by atoms with Gasteiger partial charge in [-0.05, 0) is 46.1 Å². The first-order valence-corrected chi connectivity index (χ1v) is 8.25. The number of nitrogens with zero attached hydrogens (tertiary/aromatic N) is 2. The largest absolute Gasteiger partial charge is 0.345 e. The number of hydrogen-bond donors (Lipinski definition) is 1. The molecule has 1 fully saturated rings. The summed E-state index contributed by atoms with van der Waals surface area (Å²) in [5, 5.41) is 4.56. The Labute approximate surface area is 121 Å². The maximum Gasteiger partial charge on any atom is 0.186 e. The van der Waals surface area contributed by atoms with Crippen molar-refractivity contribution in [2.75, 3.05) is 18.5 Å². The minimum atomic E-state index is 0.400. The Morgan fingerprint density at radius 1 is 1.37 bits per heavy atom. The first-order valence-electron chi connectivity index (χ1n) is 7.44. The minimum Gasteiger partial charge on any atom is -0.345 e. The SMILES string of the molecule is CNC(C)c1sc(N(CCC(C)C)C2CC2)nc1C. The third-order valence-electron chi connectivity index (χ3n) is 3.83. The lowest BCUT2D eigenvalue weighted by Crippen LogP contribution is -2.27. The number of thiazole rings is 1. The van der Waals surface area contributed by atoms with Gasteiger partial charge in [0.05, 0.1) is 5.69 Å². The molecule has 1 atom stereocenters. The van der Waals surface area contributed by atoms with E-state index in [4.69, 9.17) is 4.98 Å². The molecule has 0 radical (unpaired) electrons. The van der Waals surface area contributed by atoms with E-state index in [9.17, 15) is 0 Å². The highest BCUT2D eigenvalue weighted by Gasteiger charge is 2.31. The second-order valence-electron chi connectivity index (χ2n) is 6.06. The van der Waals surface area contributed by atoms with E-state index in [1.165, 1.54) is 35.0 Å². The Morgan fingerprint density at radius 3 is 2.58 bits per heavy atom. The average Bonchev–Trinajstić information content (AvgIpc) is 3.12. The van der Waals surface area contributed by atoms with Crippen LogP contribution in [-0.2, 0) is 0 Å². The van der Waals surface area contributed by atoms with Gasteiger partial charge in [-0.15, -0.1) is 11.3 Å². The lowest BCUT2D eigenvalue weighted by molar-refractivity contribution is 0.570.